The summed E-state index contributed by atoms with van der Waals surface area (Å²) in [6, 6.07) is 1.97. The Hall–Kier alpha value is -0.870. The molecule has 3 rings (SSSR count). The average molecular weight is 242 g/mol. The molecule has 0 radical (unpaired) electrons. The van der Waals surface area contributed by atoms with Crippen molar-refractivity contribution in [3.8, 4) is 0 Å². The molecule has 3 nitrogen and oxygen atoms in total. The number of aromatic nitrogens is 1. The van der Waals surface area contributed by atoms with Gasteiger partial charge in [0.25, 0.3) is 0 Å². The maximum Gasteiger partial charge on any atom is 0.164 e. The van der Waals surface area contributed by atoms with Crippen LogP contribution in [0.25, 0.3) is 0 Å². The van der Waals surface area contributed by atoms with E-state index >= 15 is 0 Å². The van der Waals surface area contributed by atoms with Crippen LogP contribution in [0.2, 0.25) is 5.15 Å². The number of halogens is 2. The lowest BCUT2D eigenvalue weighted by atomic mass is 9.83. The van der Waals surface area contributed by atoms with Crippen LogP contribution in [0.1, 0.15) is 6.42 Å². The normalized spacial score (nSPS) is 28.5. The summed E-state index contributed by atoms with van der Waals surface area (Å²) in [6.07, 6.45) is 2.86. The fourth-order valence-corrected chi connectivity index (χ4v) is 2.69. The second kappa shape index (κ2) is 3.86. The van der Waals surface area contributed by atoms with E-state index in [1.54, 1.807) is 6.20 Å². The number of hydrogen-bond donors (Lipinski definition) is 1. The Morgan fingerprint density at radius 2 is 2.44 bits per heavy atom. The molecule has 0 spiro atoms. The smallest absolute Gasteiger partial charge is 0.164 e. The average Bonchev–Trinajstić information content (AvgIpc) is 2.25. The quantitative estimate of drug-likeness (QED) is 0.759. The molecule has 5 heteroatoms. The van der Waals surface area contributed by atoms with E-state index in [-0.39, 0.29) is 5.15 Å². The van der Waals surface area contributed by atoms with Gasteiger partial charge in [0.2, 0.25) is 0 Å². The molecule has 1 N–H and O–H groups in total. The molecule has 0 saturated carbocycles. The molecule has 1 aromatic heterocycles. The van der Waals surface area contributed by atoms with Crippen molar-refractivity contribution in [3.05, 3.63) is 23.2 Å². The third-order valence-corrected chi connectivity index (χ3v) is 3.81. The topological polar surface area (TPSA) is 28.2 Å². The lowest BCUT2D eigenvalue weighted by molar-refractivity contribution is 0.229. The van der Waals surface area contributed by atoms with Crippen LogP contribution < -0.4 is 10.2 Å². The maximum atomic E-state index is 13.3. The van der Waals surface area contributed by atoms with Gasteiger partial charge in [0.05, 0.1) is 11.9 Å². The minimum absolute atomic E-state index is 0.0532. The van der Waals surface area contributed by atoms with Crippen molar-refractivity contribution >= 4 is 17.3 Å². The van der Waals surface area contributed by atoms with E-state index in [9.17, 15) is 4.39 Å². The summed E-state index contributed by atoms with van der Waals surface area (Å²) < 4.78 is 13.3. The van der Waals surface area contributed by atoms with E-state index in [4.69, 9.17) is 11.6 Å². The Kier molecular flexibility index (Phi) is 2.48. The van der Waals surface area contributed by atoms with Gasteiger partial charge in [-0.1, -0.05) is 11.6 Å². The molecular weight excluding hydrogens is 229 g/mol. The van der Waals surface area contributed by atoms with Crippen molar-refractivity contribution in [2.45, 2.75) is 12.5 Å². The Morgan fingerprint density at radius 1 is 1.56 bits per heavy atom. The minimum atomic E-state index is -0.439. The van der Waals surface area contributed by atoms with Crippen LogP contribution in [-0.2, 0) is 0 Å². The van der Waals surface area contributed by atoms with Gasteiger partial charge >= 0.3 is 0 Å². The third kappa shape index (κ3) is 1.57. The summed E-state index contributed by atoms with van der Waals surface area (Å²) in [5.74, 6) is 0.311. The molecule has 1 aromatic rings. The first-order valence-corrected chi connectivity index (χ1v) is 5.92. The molecule has 0 aliphatic carbocycles. The lowest BCUT2D eigenvalue weighted by Crippen LogP contribution is -2.63. The Balaban J connectivity index is 1.80. The first kappa shape index (κ1) is 10.3. The molecule has 2 atom stereocenters. The van der Waals surface area contributed by atoms with Gasteiger partial charge in [-0.3, -0.25) is 0 Å². The first-order chi connectivity index (χ1) is 7.75. The molecule has 3 heterocycles. The van der Waals surface area contributed by atoms with Crippen LogP contribution in [0.5, 0.6) is 0 Å². The van der Waals surface area contributed by atoms with Crippen LogP contribution in [0.4, 0.5) is 10.1 Å². The first-order valence-electron chi connectivity index (χ1n) is 5.54. The summed E-state index contributed by atoms with van der Waals surface area (Å²) >= 11 is 5.57. The highest BCUT2D eigenvalue weighted by molar-refractivity contribution is 6.29. The highest BCUT2D eigenvalue weighted by Gasteiger charge is 2.40. The molecule has 86 valence electrons. The standard InChI is InChI=1S/C11H13ClFN3/c12-11-9(13)3-8(4-15-11)16-6-7-1-2-14-5-10(7)16/h3-4,7,10,14H,1-2,5-6H2/t7-,10-/m1/s1. The molecule has 2 aliphatic heterocycles. The highest BCUT2D eigenvalue weighted by Crippen LogP contribution is 2.34. The zero-order valence-corrected chi connectivity index (χ0v) is 9.54. The van der Waals surface area contributed by atoms with Crippen molar-refractivity contribution in [1.82, 2.24) is 10.3 Å². The van der Waals surface area contributed by atoms with Gasteiger partial charge < -0.3 is 10.2 Å². The predicted octanol–water partition coefficient (Wildman–Crippen LogP) is 1.67. The summed E-state index contributed by atoms with van der Waals surface area (Å²) in [4.78, 5) is 6.05. The largest absolute Gasteiger partial charge is 0.365 e. The fourth-order valence-electron chi connectivity index (χ4n) is 2.59. The summed E-state index contributed by atoms with van der Waals surface area (Å²) in [5, 5.41) is 3.31. The van der Waals surface area contributed by atoms with E-state index in [1.807, 2.05) is 0 Å². The van der Waals surface area contributed by atoms with Gasteiger partial charge in [0.1, 0.15) is 0 Å². The molecular formula is C11H13ClFN3. The number of pyridine rings is 1. The monoisotopic (exact) mass is 241 g/mol. The number of anilines is 1. The molecule has 0 aromatic carbocycles. The highest BCUT2D eigenvalue weighted by atomic mass is 35.5. The van der Waals surface area contributed by atoms with Crippen molar-refractivity contribution < 1.29 is 4.39 Å². The van der Waals surface area contributed by atoms with Gasteiger partial charge in [0, 0.05) is 25.2 Å². The zero-order valence-electron chi connectivity index (χ0n) is 8.79. The molecule has 2 aliphatic rings. The molecule has 0 unspecified atom stereocenters. The van der Waals surface area contributed by atoms with Gasteiger partial charge in [-0.25, -0.2) is 9.37 Å². The molecule has 0 amide bonds. The second-order valence-corrected chi connectivity index (χ2v) is 4.80. The van der Waals surface area contributed by atoms with Gasteiger partial charge in [-0.05, 0) is 18.9 Å². The maximum absolute atomic E-state index is 13.3. The lowest BCUT2D eigenvalue weighted by Gasteiger charge is -2.52. The van der Waals surface area contributed by atoms with Crippen molar-refractivity contribution in [3.63, 3.8) is 0 Å². The fraction of sp³-hybridized carbons (Fsp3) is 0.545. The predicted molar refractivity (Wildman–Crippen MR) is 61.3 cm³/mol. The number of rotatable bonds is 1. The Morgan fingerprint density at radius 3 is 3.19 bits per heavy atom. The zero-order chi connectivity index (χ0) is 11.1. The van der Waals surface area contributed by atoms with E-state index in [2.05, 4.69) is 15.2 Å². The van der Waals surface area contributed by atoms with Crippen molar-refractivity contribution in [2.75, 3.05) is 24.5 Å². The van der Waals surface area contributed by atoms with Gasteiger partial charge in [0.15, 0.2) is 11.0 Å². The van der Waals surface area contributed by atoms with Crippen LogP contribution in [-0.4, -0.2) is 30.7 Å². The SMILES string of the molecule is Fc1cc(N2C[C@H]3CCNC[C@H]32)cnc1Cl. The number of fused-ring (bicyclic) bond motifs is 1. The third-order valence-electron chi connectivity index (χ3n) is 3.53. The number of nitrogens with zero attached hydrogens (tertiary/aromatic N) is 2. The number of piperidine rings is 1. The van der Waals surface area contributed by atoms with Crippen LogP contribution >= 0.6 is 11.6 Å². The molecule has 2 saturated heterocycles. The Bertz CT molecular complexity index is 412. The van der Waals surface area contributed by atoms with Gasteiger partial charge in [-0.2, -0.15) is 0 Å². The summed E-state index contributed by atoms with van der Waals surface area (Å²) in [5.41, 5.74) is 0.840. The van der Waals surface area contributed by atoms with E-state index in [0.29, 0.717) is 6.04 Å². The van der Waals surface area contributed by atoms with E-state index in [0.717, 1.165) is 31.2 Å². The van der Waals surface area contributed by atoms with Crippen LogP contribution in [0.3, 0.4) is 0 Å². The molecule has 16 heavy (non-hydrogen) atoms. The van der Waals surface area contributed by atoms with Crippen LogP contribution in [0, 0.1) is 11.7 Å². The molecule has 2 fully saturated rings. The van der Waals surface area contributed by atoms with Crippen LogP contribution in [0.15, 0.2) is 12.3 Å². The molecule has 0 bridgehead atoms. The van der Waals surface area contributed by atoms with Crippen molar-refractivity contribution in [1.29, 1.82) is 0 Å². The Labute approximate surface area is 98.6 Å². The van der Waals surface area contributed by atoms with Crippen molar-refractivity contribution in [2.24, 2.45) is 5.92 Å². The van der Waals surface area contributed by atoms with E-state index in [1.165, 1.54) is 12.5 Å². The van der Waals surface area contributed by atoms with E-state index < -0.39 is 5.82 Å². The second-order valence-electron chi connectivity index (χ2n) is 4.44. The summed E-state index contributed by atoms with van der Waals surface area (Å²) in [7, 11) is 0. The minimum Gasteiger partial charge on any atom is -0.365 e. The number of nitrogens with one attached hydrogen (secondary N) is 1. The van der Waals surface area contributed by atoms with Gasteiger partial charge in [-0.15, -0.1) is 0 Å². The number of hydrogen-bond acceptors (Lipinski definition) is 3. The summed E-state index contributed by atoms with van der Waals surface area (Å²) in [6.45, 7) is 3.09.